The molecule has 1 rings (SSSR count). The van der Waals surface area contributed by atoms with Gasteiger partial charge in [0.1, 0.15) is 5.75 Å². The van der Waals surface area contributed by atoms with Crippen molar-refractivity contribution >= 4 is 17.6 Å². The van der Waals surface area contributed by atoms with Gasteiger partial charge in [0.15, 0.2) is 0 Å². The van der Waals surface area contributed by atoms with Gasteiger partial charge in [-0.3, -0.25) is 4.79 Å². The Labute approximate surface area is 118 Å². The minimum Gasteiger partial charge on any atom is -0.495 e. The van der Waals surface area contributed by atoms with E-state index in [-0.39, 0.29) is 24.1 Å². The first-order valence-electron chi connectivity index (χ1n) is 6.42. The van der Waals surface area contributed by atoms with Gasteiger partial charge in [0, 0.05) is 6.04 Å². The number of amides is 1. The van der Waals surface area contributed by atoms with Crippen LogP contribution in [0.25, 0.3) is 0 Å². The molecule has 1 amide bonds. The van der Waals surface area contributed by atoms with Gasteiger partial charge in [-0.25, -0.2) is 4.79 Å². The number of carbonyl (C=O) groups excluding carboxylic acids is 1. The predicted octanol–water partition coefficient (Wildman–Crippen LogP) is 1.72. The minimum absolute atomic E-state index is 0.0935. The fourth-order valence-corrected chi connectivity index (χ4v) is 1.54. The summed E-state index contributed by atoms with van der Waals surface area (Å²) < 4.78 is 5.10. The number of nitrogens with one attached hydrogen (secondary N) is 2. The van der Waals surface area contributed by atoms with Gasteiger partial charge in [-0.05, 0) is 31.5 Å². The fourth-order valence-electron chi connectivity index (χ4n) is 1.54. The second kappa shape index (κ2) is 7.49. The number of aromatic carboxylic acids is 1. The molecule has 3 N–H and O–H groups in total. The van der Waals surface area contributed by atoms with Gasteiger partial charge in [0.25, 0.3) is 0 Å². The van der Waals surface area contributed by atoms with Crippen molar-refractivity contribution in [2.75, 3.05) is 19.0 Å². The first-order chi connectivity index (χ1) is 9.47. The summed E-state index contributed by atoms with van der Waals surface area (Å²) in [5, 5.41) is 14.7. The quantitative estimate of drug-likeness (QED) is 0.708. The highest BCUT2D eigenvalue weighted by Crippen LogP contribution is 2.25. The highest BCUT2D eigenvalue weighted by Gasteiger charge is 2.12. The second-order valence-corrected chi connectivity index (χ2v) is 4.46. The Morgan fingerprint density at radius 2 is 2.10 bits per heavy atom. The van der Waals surface area contributed by atoms with E-state index in [1.165, 1.54) is 25.3 Å². The normalized spacial score (nSPS) is 11.8. The summed E-state index contributed by atoms with van der Waals surface area (Å²) in [6.45, 7) is 4.17. The Bertz CT molecular complexity index is 488. The van der Waals surface area contributed by atoms with E-state index in [9.17, 15) is 9.59 Å². The van der Waals surface area contributed by atoms with Crippen molar-refractivity contribution in [3.8, 4) is 5.75 Å². The largest absolute Gasteiger partial charge is 0.495 e. The van der Waals surface area contributed by atoms with Crippen molar-refractivity contribution in [1.29, 1.82) is 0 Å². The van der Waals surface area contributed by atoms with E-state index in [4.69, 9.17) is 9.84 Å². The van der Waals surface area contributed by atoms with Crippen molar-refractivity contribution in [2.45, 2.75) is 26.3 Å². The lowest BCUT2D eigenvalue weighted by Gasteiger charge is -2.13. The Morgan fingerprint density at radius 1 is 1.40 bits per heavy atom. The summed E-state index contributed by atoms with van der Waals surface area (Å²) in [4.78, 5) is 22.7. The number of hydrogen-bond acceptors (Lipinski definition) is 4. The zero-order chi connectivity index (χ0) is 15.1. The Hall–Kier alpha value is -2.08. The number of anilines is 1. The number of rotatable bonds is 7. The minimum atomic E-state index is -1.05. The molecule has 0 aliphatic rings. The average molecular weight is 280 g/mol. The zero-order valence-electron chi connectivity index (χ0n) is 11.9. The van der Waals surface area contributed by atoms with E-state index >= 15 is 0 Å². The van der Waals surface area contributed by atoms with Crippen LogP contribution in [0.15, 0.2) is 18.2 Å². The van der Waals surface area contributed by atoms with E-state index in [1.54, 1.807) is 0 Å². The molecule has 0 spiro atoms. The zero-order valence-corrected chi connectivity index (χ0v) is 11.9. The van der Waals surface area contributed by atoms with Crippen LogP contribution in [0.5, 0.6) is 5.75 Å². The number of hydrogen-bond donors (Lipinski definition) is 3. The number of carboxylic acids is 1. The van der Waals surface area contributed by atoms with Gasteiger partial charge >= 0.3 is 5.97 Å². The summed E-state index contributed by atoms with van der Waals surface area (Å²) in [6.07, 6.45) is 0.922. The van der Waals surface area contributed by atoms with Crippen molar-refractivity contribution in [2.24, 2.45) is 0 Å². The predicted molar refractivity (Wildman–Crippen MR) is 76.3 cm³/mol. The molecule has 0 radical (unpaired) electrons. The van der Waals surface area contributed by atoms with Crippen molar-refractivity contribution < 1.29 is 19.4 Å². The third-order valence-electron chi connectivity index (χ3n) is 2.94. The molecule has 0 aliphatic carbocycles. The van der Waals surface area contributed by atoms with Crippen molar-refractivity contribution in [3.63, 3.8) is 0 Å². The van der Waals surface area contributed by atoms with Crippen LogP contribution < -0.4 is 15.4 Å². The number of carbonyl (C=O) groups is 2. The maximum Gasteiger partial charge on any atom is 0.335 e. The summed E-state index contributed by atoms with van der Waals surface area (Å²) in [6, 6.07) is 4.56. The number of benzene rings is 1. The van der Waals surface area contributed by atoms with Crippen LogP contribution in [0.2, 0.25) is 0 Å². The fraction of sp³-hybridized carbons (Fsp3) is 0.429. The molecule has 1 unspecified atom stereocenters. The number of ether oxygens (including phenoxy) is 1. The van der Waals surface area contributed by atoms with Crippen LogP contribution in [0, 0.1) is 0 Å². The van der Waals surface area contributed by atoms with E-state index in [1.807, 2.05) is 13.8 Å². The monoisotopic (exact) mass is 280 g/mol. The maximum atomic E-state index is 11.8. The number of methoxy groups -OCH3 is 1. The summed E-state index contributed by atoms with van der Waals surface area (Å²) >= 11 is 0. The molecule has 0 saturated carbocycles. The molecule has 1 aromatic carbocycles. The maximum absolute atomic E-state index is 11.8. The van der Waals surface area contributed by atoms with Gasteiger partial charge in [-0.2, -0.15) is 0 Å². The lowest BCUT2D eigenvalue weighted by Crippen LogP contribution is -2.34. The molecular formula is C14H20N2O4. The van der Waals surface area contributed by atoms with Crippen LogP contribution in [0.1, 0.15) is 30.6 Å². The standard InChI is InChI=1S/C14H20N2O4/c1-4-9(2)15-8-13(17)16-11-7-10(14(18)19)5-6-12(11)20-3/h5-7,9,15H,4,8H2,1-3H3,(H,16,17)(H,18,19). The molecule has 6 nitrogen and oxygen atoms in total. The van der Waals surface area contributed by atoms with Crippen LogP contribution in [-0.4, -0.2) is 36.7 Å². The van der Waals surface area contributed by atoms with Gasteiger partial charge in [-0.1, -0.05) is 6.92 Å². The molecule has 1 atom stereocenters. The van der Waals surface area contributed by atoms with Crippen LogP contribution in [-0.2, 0) is 4.79 Å². The Balaban J connectivity index is 2.76. The molecule has 0 heterocycles. The van der Waals surface area contributed by atoms with Crippen LogP contribution in [0.3, 0.4) is 0 Å². The van der Waals surface area contributed by atoms with E-state index in [0.29, 0.717) is 11.4 Å². The number of carboxylic acid groups (broad SMARTS) is 1. The molecule has 1 aromatic rings. The topological polar surface area (TPSA) is 87.7 Å². The van der Waals surface area contributed by atoms with Gasteiger partial charge in [0.05, 0.1) is 24.9 Å². The van der Waals surface area contributed by atoms with Gasteiger partial charge < -0.3 is 20.5 Å². The van der Waals surface area contributed by atoms with Gasteiger partial charge in [0.2, 0.25) is 5.91 Å². The van der Waals surface area contributed by atoms with Crippen LogP contribution in [0.4, 0.5) is 5.69 Å². The molecular weight excluding hydrogens is 260 g/mol. The molecule has 20 heavy (non-hydrogen) atoms. The van der Waals surface area contributed by atoms with E-state index in [2.05, 4.69) is 10.6 Å². The third-order valence-corrected chi connectivity index (χ3v) is 2.94. The van der Waals surface area contributed by atoms with E-state index in [0.717, 1.165) is 6.42 Å². The Morgan fingerprint density at radius 3 is 2.65 bits per heavy atom. The first-order valence-corrected chi connectivity index (χ1v) is 6.42. The van der Waals surface area contributed by atoms with E-state index < -0.39 is 5.97 Å². The third kappa shape index (κ3) is 4.55. The SMILES string of the molecule is CCC(C)NCC(=O)Nc1cc(C(=O)O)ccc1OC. The highest BCUT2D eigenvalue weighted by molar-refractivity contribution is 5.96. The average Bonchev–Trinajstić information content (AvgIpc) is 2.44. The lowest BCUT2D eigenvalue weighted by atomic mass is 10.2. The summed E-state index contributed by atoms with van der Waals surface area (Å²) in [5.74, 6) is -0.876. The highest BCUT2D eigenvalue weighted by atomic mass is 16.5. The summed E-state index contributed by atoms with van der Waals surface area (Å²) in [5.41, 5.74) is 0.444. The molecule has 0 fully saturated rings. The van der Waals surface area contributed by atoms with Gasteiger partial charge in [-0.15, -0.1) is 0 Å². The molecule has 0 aromatic heterocycles. The van der Waals surface area contributed by atoms with Crippen molar-refractivity contribution in [1.82, 2.24) is 5.32 Å². The lowest BCUT2D eigenvalue weighted by molar-refractivity contribution is -0.115. The Kier molecular flexibility index (Phi) is 5.99. The molecule has 6 heteroatoms. The smallest absolute Gasteiger partial charge is 0.335 e. The van der Waals surface area contributed by atoms with Crippen LogP contribution >= 0.6 is 0 Å². The molecule has 0 saturated heterocycles. The second-order valence-electron chi connectivity index (χ2n) is 4.46. The molecule has 110 valence electrons. The first kappa shape index (κ1) is 16.0. The summed E-state index contributed by atoms with van der Waals surface area (Å²) in [7, 11) is 1.46. The molecule has 0 aliphatic heterocycles. The molecule has 0 bridgehead atoms. The van der Waals surface area contributed by atoms with Crippen molar-refractivity contribution in [3.05, 3.63) is 23.8 Å².